The van der Waals surface area contributed by atoms with Gasteiger partial charge in [0.05, 0.1) is 20.3 Å². The number of nitrogens with one attached hydrogen (secondary N) is 2. The summed E-state index contributed by atoms with van der Waals surface area (Å²) in [5, 5.41) is 26.9. The first kappa shape index (κ1) is 25.9. The normalized spacial score (nSPS) is 21.5. The minimum Gasteiger partial charge on any atom is -0.493 e. The zero-order chi connectivity index (χ0) is 25.6. The van der Waals surface area contributed by atoms with E-state index in [2.05, 4.69) is 15.6 Å². The molecule has 3 unspecified atom stereocenters. The van der Waals surface area contributed by atoms with Gasteiger partial charge in [0.25, 0.3) is 0 Å². The van der Waals surface area contributed by atoms with Crippen LogP contribution in [0.4, 0.5) is 5.69 Å². The Morgan fingerprint density at radius 2 is 1.89 bits per heavy atom. The summed E-state index contributed by atoms with van der Waals surface area (Å²) in [7, 11) is 6.04. The maximum Gasteiger partial charge on any atom is 0.209 e. The molecule has 0 aromatic heterocycles. The van der Waals surface area contributed by atoms with Gasteiger partial charge in [-0.3, -0.25) is 0 Å². The van der Waals surface area contributed by atoms with E-state index in [0.29, 0.717) is 35.0 Å². The van der Waals surface area contributed by atoms with Crippen molar-refractivity contribution in [2.24, 2.45) is 4.99 Å². The Balaban J connectivity index is 1.90. The van der Waals surface area contributed by atoms with Gasteiger partial charge in [0.15, 0.2) is 23.4 Å². The molecule has 2 aromatic rings. The minimum absolute atomic E-state index is 0.148. The fourth-order valence-electron chi connectivity index (χ4n) is 4.11. The third kappa shape index (κ3) is 5.35. The molecule has 11 heteroatoms. The molecule has 11 nitrogen and oxygen atoms in total. The number of nitrogens with two attached hydrogens (primary N) is 1. The van der Waals surface area contributed by atoms with E-state index in [1.807, 2.05) is 12.1 Å². The standard InChI is InChI=1S/C24H31N5O6/c1-24(22(33-4)34-5)21(30)20(16-11-15(26)7-9-17(16)35-24)29-23(28-13-25)27-12-14-6-8-18(31-2)19(10-14)32-3/h6-11,20-22,30H,12,26H2,1-5H3,(H2,27,28,29). The fraction of sp³-hybridized carbons (Fsp3) is 0.417. The van der Waals surface area contributed by atoms with Crippen LogP contribution in [-0.2, 0) is 16.0 Å². The second-order valence-corrected chi connectivity index (χ2v) is 8.06. The van der Waals surface area contributed by atoms with E-state index in [1.54, 1.807) is 51.6 Å². The number of aliphatic imine (C=N–C) groups is 1. The quantitative estimate of drug-likeness (QED) is 0.143. The molecule has 0 spiro atoms. The Morgan fingerprint density at radius 1 is 1.17 bits per heavy atom. The number of methoxy groups -OCH3 is 4. The van der Waals surface area contributed by atoms with Crippen molar-refractivity contribution in [3.63, 3.8) is 0 Å². The minimum atomic E-state index is -1.29. The Kier molecular flexibility index (Phi) is 8.24. The van der Waals surface area contributed by atoms with Crippen molar-refractivity contribution in [2.45, 2.75) is 37.5 Å². The largest absolute Gasteiger partial charge is 0.493 e. The Hall–Kier alpha value is -3.72. The number of fused-ring (bicyclic) bond motifs is 1. The summed E-state index contributed by atoms with van der Waals surface area (Å²) in [6.07, 6.45) is -0.276. The number of aliphatic hydroxyl groups is 1. The molecule has 0 fully saturated rings. The highest BCUT2D eigenvalue weighted by atomic mass is 16.7. The molecule has 3 atom stereocenters. The molecule has 0 radical (unpaired) electrons. The number of hydrogen-bond donors (Lipinski definition) is 4. The van der Waals surface area contributed by atoms with Crippen molar-refractivity contribution in [3.05, 3.63) is 47.5 Å². The number of nitriles is 1. The summed E-state index contributed by atoms with van der Waals surface area (Å²) in [6, 6.07) is 9.80. The van der Waals surface area contributed by atoms with E-state index in [9.17, 15) is 10.4 Å². The van der Waals surface area contributed by atoms with Crippen LogP contribution in [0.5, 0.6) is 17.2 Å². The molecule has 5 N–H and O–H groups in total. The van der Waals surface area contributed by atoms with E-state index < -0.39 is 24.0 Å². The smallest absolute Gasteiger partial charge is 0.209 e. The lowest BCUT2D eigenvalue weighted by Gasteiger charge is -2.46. The van der Waals surface area contributed by atoms with E-state index in [-0.39, 0.29) is 5.96 Å². The first-order valence-electron chi connectivity index (χ1n) is 10.8. The van der Waals surface area contributed by atoms with Crippen molar-refractivity contribution < 1.29 is 28.8 Å². The molecule has 35 heavy (non-hydrogen) atoms. The number of nitrogen functional groups attached to an aromatic ring is 1. The number of hydrogen-bond acceptors (Lipinski definition) is 9. The van der Waals surface area contributed by atoms with Crippen LogP contribution in [0.1, 0.15) is 24.1 Å². The Morgan fingerprint density at radius 3 is 2.51 bits per heavy atom. The van der Waals surface area contributed by atoms with Crippen molar-refractivity contribution >= 4 is 11.6 Å². The van der Waals surface area contributed by atoms with Gasteiger partial charge in [0, 0.05) is 32.0 Å². The topological polar surface area (TPSA) is 153 Å². The number of rotatable bonds is 8. The molecule has 1 aliphatic rings. The van der Waals surface area contributed by atoms with Gasteiger partial charge in [0.1, 0.15) is 11.9 Å². The van der Waals surface area contributed by atoms with Crippen LogP contribution in [0.3, 0.4) is 0 Å². The lowest BCUT2D eigenvalue weighted by molar-refractivity contribution is -0.238. The number of nitrogens with zero attached hydrogens (tertiary/aromatic N) is 2. The van der Waals surface area contributed by atoms with Gasteiger partial charge in [-0.15, -0.1) is 4.99 Å². The summed E-state index contributed by atoms with van der Waals surface area (Å²) in [4.78, 5) is 3.87. The monoisotopic (exact) mass is 485 g/mol. The molecule has 0 aliphatic carbocycles. The lowest BCUT2D eigenvalue weighted by Crippen LogP contribution is -2.62. The van der Waals surface area contributed by atoms with Crippen LogP contribution in [0.15, 0.2) is 41.4 Å². The van der Waals surface area contributed by atoms with Crippen molar-refractivity contribution in [2.75, 3.05) is 34.2 Å². The maximum atomic E-state index is 11.4. The highest BCUT2D eigenvalue weighted by Crippen LogP contribution is 2.43. The van der Waals surface area contributed by atoms with Crippen LogP contribution < -0.4 is 30.6 Å². The van der Waals surface area contributed by atoms with Crippen molar-refractivity contribution in [3.8, 4) is 23.4 Å². The highest BCUT2D eigenvalue weighted by molar-refractivity contribution is 5.81. The molecule has 2 aromatic carbocycles. The zero-order valence-corrected chi connectivity index (χ0v) is 20.4. The Bertz CT molecular complexity index is 1100. The first-order chi connectivity index (χ1) is 16.8. The van der Waals surface area contributed by atoms with Gasteiger partial charge in [-0.05, 0) is 42.8 Å². The number of anilines is 1. The van der Waals surface area contributed by atoms with E-state index >= 15 is 0 Å². The van der Waals surface area contributed by atoms with Crippen LogP contribution in [0, 0.1) is 11.5 Å². The second kappa shape index (κ2) is 11.1. The summed E-state index contributed by atoms with van der Waals surface area (Å²) >= 11 is 0. The maximum absolute atomic E-state index is 11.4. The van der Waals surface area contributed by atoms with Crippen LogP contribution in [0.2, 0.25) is 0 Å². The molecular weight excluding hydrogens is 454 g/mol. The van der Waals surface area contributed by atoms with Crippen LogP contribution >= 0.6 is 0 Å². The molecule has 1 heterocycles. The average Bonchev–Trinajstić information content (AvgIpc) is 2.86. The SMILES string of the molecule is COc1ccc(CNC(=NC#N)NC2c3cc(N)ccc3OC(C)(C(OC)OC)C2O)cc1OC. The molecule has 188 valence electrons. The summed E-state index contributed by atoms with van der Waals surface area (Å²) in [5.41, 5.74) is 6.67. The van der Waals surface area contributed by atoms with Crippen LogP contribution in [-0.4, -0.2) is 57.5 Å². The third-order valence-corrected chi connectivity index (χ3v) is 5.86. The van der Waals surface area contributed by atoms with Crippen LogP contribution in [0.25, 0.3) is 0 Å². The molecule has 0 bridgehead atoms. The average molecular weight is 486 g/mol. The fourth-order valence-corrected chi connectivity index (χ4v) is 4.11. The van der Waals surface area contributed by atoms with Gasteiger partial charge in [-0.1, -0.05) is 6.07 Å². The predicted molar refractivity (Wildman–Crippen MR) is 129 cm³/mol. The number of aliphatic hydroxyl groups excluding tert-OH is 1. The number of guanidine groups is 1. The highest BCUT2D eigenvalue weighted by Gasteiger charge is 2.52. The third-order valence-electron chi connectivity index (χ3n) is 5.86. The van der Waals surface area contributed by atoms with E-state index in [4.69, 9.17) is 29.4 Å². The number of benzene rings is 2. The zero-order valence-electron chi connectivity index (χ0n) is 20.4. The summed E-state index contributed by atoms with van der Waals surface area (Å²) < 4.78 is 27.6. The Labute approximate surface area is 204 Å². The lowest BCUT2D eigenvalue weighted by atomic mass is 9.84. The molecule has 0 saturated heterocycles. The van der Waals surface area contributed by atoms with Crippen molar-refractivity contribution in [1.29, 1.82) is 5.26 Å². The molecule has 0 saturated carbocycles. The van der Waals surface area contributed by atoms with Crippen molar-refractivity contribution in [1.82, 2.24) is 10.6 Å². The molecule has 1 aliphatic heterocycles. The molecule has 0 amide bonds. The summed E-state index contributed by atoms with van der Waals surface area (Å²) in [5.74, 6) is 1.81. The van der Waals surface area contributed by atoms with Gasteiger partial charge in [-0.2, -0.15) is 5.26 Å². The molecule has 3 rings (SSSR count). The van der Waals surface area contributed by atoms with E-state index in [0.717, 1.165) is 5.56 Å². The number of ether oxygens (including phenoxy) is 5. The first-order valence-corrected chi connectivity index (χ1v) is 10.8. The summed E-state index contributed by atoms with van der Waals surface area (Å²) in [6.45, 7) is 1.99. The van der Waals surface area contributed by atoms with Gasteiger partial charge >= 0.3 is 0 Å². The molecular formula is C24H31N5O6. The van der Waals surface area contributed by atoms with Gasteiger partial charge < -0.3 is 45.2 Å². The van der Waals surface area contributed by atoms with Gasteiger partial charge in [-0.25, -0.2) is 0 Å². The van der Waals surface area contributed by atoms with E-state index in [1.165, 1.54) is 14.2 Å². The van der Waals surface area contributed by atoms with Gasteiger partial charge in [0.2, 0.25) is 12.2 Å². The predicted octanol–water partition coefficient (Wildman–Crippen LogP) is 1.67. The second-order valence-electron chi connectivity index (χ2n) is 8.06.